The number of ketones is 1. The molecule has 2 rings (SSSR count). The third kappa shape index (κ3) is 102. The minimum absolute atomic E-state index is 0. The first-order valence-electron chi connectivity index (χ1n) is 47.4. The summed E-state index contributed by atoms with van der Waals surface area (Å²) in [4.78, 5) is 109. The van der Waals surface area contributed by atoms with E-state index in [9.17, 15) is 43.5 Å². The molecule has 0 heterocycles. The summed E-state index contributed by atoms with van der Waals surface area (Å²) in [6, 6.07) is 12.0. The fraction of sp³-hybridized carbons (Fsp3) is 0.473. The van der Waals surface area contributed by atoms with Crippen molar-refractivity contribution in [2.75, 3.05) is 26.4 Å². The molecule has 3 atom stereocenters. The standard InChI is InChI=1S/C38H52O5.C29H45NO3.C27H43NO.C9H10O3.C6H13NO2.C2H2.CO2.Na.H2O/c1-5-7-8-9-10-11-12-13-14-15-16-17-18-19-20-21-22-23-24-27-34(39)31-33(30-32(3)4)37(40)43-36-29-26-25-28-35(36)38(41)42-6-2;1-4-5-6-7-8-9-10-11-12-13-14-15-16-17-18-19-20-21-22-23-29(32)30-28(24-27(2)3)25-33-26-31;1-4-5-6-7-8-9-10-11-12-13-14-15-16-17-18-19-20-21-22-23-27(29)28-25-24-26(2)3;1-2-12-9(11)7-5-3-4-6-8(7)10;1-4(2)3-5(7)6(8)9;1-2;2-1-3;;/h7-8,10-11,13-14,16-17,19-20,22-23,25-26,28-29,32-33H,5-6,9,12,15,18,21,24,27,30-31H2,1-4H3;5-6,8-9,11-12,14-15,17-18,20-21,26-28H,4,7,10,13,16,19,22-25H2,1-3H3,(H,30,32);5-6,8-9,11-12,14-15,17-18,20-21,26H,4,7,10,13,16,19,22-25H2,1-3H3,(H,28,29);3-6,10H,2H2,1H3;4-5H,3,7H2,1-2H3,(H,8,9);1-2H;;;1H2/q;;;;;;;+1;/p-1/b8-7-,11-10-,14-13-,17-16-,20-19-,23-22-;2*6-5-,9-8-,12-11-,15-14-,18-17-,21-20-;;;;;;/i;;;;;1D;;;. The van der Waals surface area contributed by atoms with E-state index in [-0.39, 0.29) is 113 Å². The number of nitrogens with two attached hydrogens (primary N) is 1. The van der Waals surface area contributed by atoms with Gasteiger partial charge in [-0.25, -0.2) is 9.59 Å². The summed E-state index contributed by atoms with van der Waals surface area (Å²) in [6.07, 6.45) is 109. The molecule has 2 amide bonds. The van der Waals surface area contributed by atoms with Gasteiger partial charge in [0.15, 0.2) is 0 Å². The Kier molecular flexibility index (Phi) is 107. The Labute approximate surface area is 825 Å². The zero-order valence-corrected chi connectivity index (χ0v) is 85.1. The average Bonchev–Trinajstić information content (AvgIpc) is 0.844. The molecule has 7 N–H and O–H groups in total. The van der Waals surface area contributed by atoms with Crippen LogP contribution in [0.25, 0.3) is 0 Å². The fourth-order valence-corrected chi connectivity index (χ4v) is 11.2. The van der Waals surface area contributed by atoms with Crippen molar-refractivity contribution in [1.82, 2.24) is 10.6 Å². The van der Waals surface area contributed by atoms with Gasteiger partial charge in [-0.05, 0) is 222 Å². The number of carboxylic acids is 1. The molecule has 0 aromatic heterocycles. The van der Waals surface area contributed by atoms with Gasteiger partial charge in [0.1, 0.15) is 42.4 Å². The Hall–Kier alpha value is -10.6. The number of terminal acetylenes is 1. The Morgan fingerprint density at radius 2 is 0.759 bits per heavy atom. The molecule has 0 fully saturated rings. The molecular weight excluding hydrogens is 1680 g/mol. The number of hydrogen-bond donors (Lipinski definition) is 5. The number of carboxylic acid groups (broad SMARTS) is 1. The molecular formula is C112H166N3NaO17. The van der Waals surface area contributed by atoms with Crippen molar-refractivity contribution in [1.29, 1.82) is 0 Å². The van der Waals surface area contributed by atoms with Crippen LogP contribution in [0, 0.1) is 42.4 Å². The van der Waals surface area contributed by atoms with Gasteiger partial charge < -0.3 is 51.0 Å². The number of Topliss-reactive ketones (excluding diaryl/α,β-unsaturated/α-hetero) is 1. The third-order valence-corrected chi connectivity index (χ3v) is 17.6. The smallest absolute Gasteiger partial charge is 0.870 e. The number of carbonyl (C=O) groups is 8. The van der Waals surface area contributed by atoms with Crippen LogP contribution in [0.15, 0.2) is 267 Å². The predicted molar refractivity (Wildman–Crippen MR) is 545 cm³/mol. The van der Waals surface area contributed by atoms with E-state index in [0.717, 1.165) is 141 Å². The number of allylic oxidation sites excluding steroid dienone is 36. The Morgan fingerprint density at radius 3 is 1.07 bits per heavy atom. The second kappa shape index (κ2) is 107. The van der Waals surface area contributed by atoms with Crippen molar-refractivity contribution in [3.05, 3.63) is 278 Å². The number of ether oxygens (including phenoxy) is 4. The molecule has 2 aromatic carbocycles. The molecule has 0 spiro atoms. The van der Waals surface area contributed by atoms with Crippen molar-refractivity contribution in [2.24, 2.45) is 35.3 Å². The largest absolute Gasteiger partial charge is 1.00 e. The van der Waals surface area contributed by atoms with Gasteiger partial charge in [-0.3, -0.25) is 28.8 Å². The number of benzene rings is 2. The molecule has 0 saturated heterocycles. The number of para-hydroxylation sites is 2. The number of aliphatic carboxylic acids is 1. The van der Waals surface area contributed by atoms with Crippen LogP contribution in [0.3, 0.4) is 0 Å². The second-order valence-corrected chi connectivity index (χ2v) is 31.3. The first-order chi connectivity index (χ1) is 63.8. The van der Waals surface area contributed by atoms with E-state index in [4.69, 9.17) is 40.7 Å². The van der Waals surface area contributed by atoms with Gasteiger partial charge in [0.2, 0.25) is 11.8 Å². The van der Waals surface area contributed by atoms with Gasteiger partial charge in [0, 0.05) is 32.2 Å². The maximum Gasteiger partial charge on any atom is 1.00 e. The minimum atomic E-state index is -0.913. The van der Waals surface area contributed by atoms with Crippen molar-refractivity contribution in [3.63, 3.8) is 0 Å². The predicted octanol–water partition coefficient (Wildman–Crippen LogP) is 23.2. The summed E-state index contributed by atoms with van der Waals surface area (Å²) in [6.45, 7) is 28.3. The van der Waals surface area contributed by atoms with E-state index in [0.29, 0.717) is 75.8 Å². The van der Waals surface area contributed by atoms with Gasteiger partial charge in [-0.1, -0.05) is 319 Å². The van der Waals surface area contributed by atoms with Crippen molar-refractivity contribution < 1.29 is 114 Å². The number of hydrogen-bond acceptors (Lipinski definition) is 17. The molecule has 3 unspecified atom stereocenters. The van der Waals surface area contributed by atoms with Crippen LogP contribution in [-0.4, -0.2) is 108 Å². The number of phenolic OH excluding ortho intramolecular Hbond substituents is 1. The SMILES string of the molecule is CC(C)CC(N)C(=O)O.CC/C=C\C/C=C\C/C=C\C/C=C\C/C=C\C/C=C\CCC(=O)CC(CC(C)C)C(=O)Oc1ccccc1C(=O)OCC.CC/C=C\C/C=C\C/C=C\C/C=C\C/C=C\C/C=C\CCC(=O)NC(COC=O)CC(C)C.CC/C=C\C/C=C\C/C=C\C/C=C\C/C=C\C/C=C\CCC(=O)NCCC(C)C.CCOC(=O)c1ccccc1O.O=C=O.[2H]C#C.[Na+].[OH-]. The van der Waals surface area contributed by atoms with Crippen LogP contribution in [0.4, 0.5) is 0 Å². The molecule has 0 saturated carbocycles. The average molecular weight is 1850 g/mol. The van der Waals surface area contributed by atoms with Crippen LogP contribution in [0.1, 0.15) is 298 Å². The van der Waals surface area contributed by atoms with Crippen molar-refractivity contribution >= 4 is 54.1 Å². The van der Waals surface area contributed by atoms with Gasteiger partial charge in [-0.2, -0.15) is 9.59 Å². The fourth-order valence-electron chi connectivity index (χ4n) is 11.2. The summed E-state index contributed by atoms with van der Waals surface area (Å²) < 4.78 is 25.9. The molecule has 21 heteroatoms. The normalized spacial score (nSPS) is 12.3. The number of aromatic hydroxyl groups is 1. The molecule has 0 bridgehead atoms. The van der Waals surface area contributed by atoms with E-state index in [1.807, 2.05) is 39.8 Å². The van der Waals surface area contributed by atoms with E-state index < -0.39 is 35.8 Å². The zero-order chi connectivity index (χ0) is 99.2. The minimum Gasteiger partial charge on any atom is -0.870 e. The van der Waals surface area contributed by atoms with Crippen LogP contribution >= 0.6 is 0 Å². The van der Waals surface area contributed by atoms with E-state index in [2.05, 4.69) is 272 Å². The number of nitrogens with one attached hydrogen (secondary N) is 2. The van der Waals surface area contributed by atoms with Crippen LogP contribution in [0.5, 0.6) is 11.5 Å². The van der Waals surface area contributed by atoms with Crippen molar-refractivity contribution in [2.45, 2.75) is 288 Å². The molecule has 0 radical (unpaired) electrons. The summed E-state index contributed by atoms with van der Waals surface area (Å²) in [7, 11) is 0. The molecule has 20 nitrogen and oxygen atoms in total. The van der Waals surface area contributed by atoms with Gasteiger partial charge in [-0.15, -0.1) is 12.8 Å². The maximum atomic E-state index is 13.0. The Morgan fingerprint density at radius 1 is 0.451 bits per heavy atom. The van der Waals surface area contributed by atoms with E-state index in [1.54, 1.807) is 50.2 Å². The van der Waals surface area contributed by atoms with Crippen molar-refractivity contribution in [3.8, 4) is 24.3 Å². The summed E-state index contributed by atoms with van der Waals surface area (Å²) in [5.74, 6) is -1.07. The molecule has 0 aliphatic rings. The zero-order valence-electron chi connectivity index (χ0n) is 84.1. The maximum absolute atomic E-state index is 13.0. The number of carbonyl (C=O) groups excluding carboxylic acids is 9. The number of phenols is 1. The molecule has 133 heavy (non-hydrogen) atoms. The molecule has 0 aliphatic heterocycles. The number of rotatable bonds is 64. The van der Waals surface area contributed by atoms with Crippen LogP contribution in [0.2, 0.25) is 0 Å². The van der Waals surface area contributed by atoms with Gasteiger partial charge in [0.05, 0.1) is 25.2 Å². The molecule has 732 valence electrons. The molecule has 0 aliphatic carbocycles. The summed E-state index contributed by atoms with van der Waals surface area (Å²) >= 11 is 0. The topological polar surface area (TPSA) is 328 Å². The monoisotopic (exact) mass is 1850 g/mol. The first-order valence-corrected chi connectivity index (χ1v) is 46.9. The van der Waals surface area contributed by atoms with Gasteiger partial charge >= 0.3 is 59.6 Å². The van der Waals surface area contributed by atoms with Crippen LogP contribution < -0.4 is 50.7 Å². The quantitative estimate of drug-likeness (QED) is 0.00781. The Balaban J connectivity index is -0.000000317. The first kappa shape index (κ1) is 133. The van der Waals surface area contributed by atoms with Gasteiger partial charge in [0.25, 0.3) is 6.47 Å². The number of amides is 2. The number of esters is 3. The van der Waals surface area contributed by atoms with E-state index >= 15 is 0 Å². The van der Waals surface area contributed by atoms with E-state index in [1.165, 1.54) is 18.5 Å². The summed E-state index contributed by atoms with van der Waals surface area (Å²) in [5.41, 5.74) is 5.62. The second-order valence-electron chi connectivity index (χ2n) is 31.3. The Bertz CT molecular complexity index is 3940. The summed E-state index contributed by atoms with van der Waals surface area (Å²) in [5, 5.41) is 23.4. The molecule has 2 aromatic rings. The third-order valence-electron chi connectivity index (χ3n) is 17.6. The van der Waals surface area contributed by atoms with Crippen LogP contribution in [-0.2, 0) is 52.6 Å².